The zero-order chi connectivity index (χ0) is 13.4. The van der Waals surface area contributed by atoms with Gasteiger partial charge in [0.25, 0.3) is 0 Å². The molecule has 0 aromatic rings. The van der Waals surface area contributed by atoms with E-state index in [9.17, 15) is 9.59 Å². The standard InChI is InChI=1S/C12H23NO4/c1-8(2)5-10(6-11(14)15)7-17-12(16)13-9(3)4/h8-10H,5-7H2,1-4H3,(H,13,16)(H,14,15). The van der Waals surface area contributed by atoms with Crippen molar-refractivity contribution in [2.45, 2.75) is 46.6 Å². The van der Waals surface area contributed by atoms with Crippen molar-refractivity contribution < 1.29 is 19.4 Å². The lowest BCUT2D eigenvalue weighted by atomic mass is 9.95. The van der Waals surface area contributed by atoms with Crippen LogP contribution in [0.15, 0.2) is 0 Å². The van der Waals surface area contributed by atoms with Gasteiger partial charge in [0.05, 0.1) is 13.0 Å². The number of ether oxygens (including phenoxy) is 1. The van der Waals surface area contributed by atoms with Crippen molar-refractivity contribution in [2.24, 2.45) is 11.8 Å². The van der Waals surface area contributed by atoms with Gasteiger partial charge < -0.3 is 15.2 Å². The lowest BCUT2D eigenvalue weighted by Crippen LogP contribution is -2.32. The maximum Gasteiger partial charge on any atom is 0.407 e. The summed E-state index contributed by atoms with van der Waals surface area (Å²) in [5, 5.41) is 11.3. The molecular formula is C12H23NO4. The summed E-state index contributed by atoms with van der Waals surface area (Å²) >= 11 is 0. The first-order chi connectivity index (χ1) is 7.81. The molecule has 0 spiro atoms. The van der Waals surface area contributed by atoms with Crippen molar-refractivity contribution in [3.05, 3.63) is 0 Å². The first-order valence-electron chi connectivity index (χ1n) is 5.96. The fourth-order valence-corrected chi connectivity index (χ4v) is 1.59. The number of carboxylic acids is 1. The van der Waals surface area contributed by atoms with Gasteiger partial charge in [-0.1, -0.05) is 13.8 Å². The zero-order valence-corrected chi connectivity index (χ0v) is 11.0. The van der Waals surface area contributed by atoms with Gasteiger partial charge in [-0.2, -0.15) is 0 Å². The Labute approximate surface area is 103 Å². The van der Waals surface area contributed by atoms with E-state index in [1.54, 1.807) is 0 Å². The van der Waals surface area contributed by atoms with E-state index in [2.05, 4.69) is 5.32 Å². The van der Waals surface area contributed by atoms with Crippen LogP contribution in [-0.4, -0.2) is 29.8 Å². The molecule has 0 heterocycles. The third kappa shape index (κ3) is 9.66. The molecule has 2 N–H and O–H groups in total. The molecule has 0 aliphatic carbocycles. The number of hydrogen-bond donors (Lipinski definition) is 2. The summed E-state index contributed by atoms with van der Waals surface area (Å²) in [7, 11) is 0. The van der Waals surface area contributed by atoms with Gasteiger partial charge in [-0.15, -0.1) is 0 Å². The lowest BCUT2D eigenvalue weighted by molar-refractivity contribution is -0.138. The topological polar surface area (TPSA) is 75.6 Å². The fraction of sp³-hybridized carbons (Fsp3) is 0.833. The van der Waals surface area contributed by atoms with Crippen LogP contribution in [0.3, 0.4) is 0 Å². The number of nitrogens with one attached hydrogen (secondary N) is 1. The molecule has 0 saturated carbocycles. The van der Waals surface area contributed by atoms with Gasteiger partial charge in [-0.25, -0.2) is 4.79 Å². The number of alkyl carbamates (subject to hydrolysis) is 1. The minimum absolute atomic E-state index is 0.0190. The Hall–Kier alpha value is -1.26. The molecule has 0 saturated heterocycles. The quantitative estimate of drug-likeness (QED) is 0.721. The average molecular weight is 245 g/mol. The Kier molecular flexibility index (Phi) is 7.34. The second-order valence-corrected chi connectivity index (χ2v) is 4.99. The van der Waals surface area contributed by atoms with Crippen molar-refractivity contribution in [3.8, 4) is 0 Å². The smallest absolute Gasteiger partial charge is 0.407 e. The van der Waals surface area contributed by atoms with Crippen LogP contribution < -0.4 is 5.32 Å². The number of rotatable bonds is 7. The summed E-state index contributed by atoms with van der Waals surface area (Å²) in [6.45, 7) is 7.86. The van der Waals surface area contributed by atoms with Crippen LogP contribution in [0.4, 0.5) is 4.79 Å². The summed E-state index contributed by atoms with van der Waals surface area (Å²) in [5.74, 6) is -0.593. The third-order valence-corrected chi connectivity index (χ3v) is 2.12. The van der Waals surface area contributed by atoms with E-state index in [-0.39, 0.29) is 25.0 Å². The van der Waals surface area contributed by atoms with E-state index in [0.717, 1.165) is 6.42 Å². The zero-order valence-electron chi connectivity index (χ0n) is 11.0. The van der Waals surface area contributed by atoms with Crippen LogP contribution in [0.2, 0.25) is 0 Å². The van der Waals surface area contributed by atoms with Crippen LogP contribution in [0.5, 0.6) is 0 Å². The molecule has 0 aliphatic rings. The average Bonchev–Trinajstić information content (AvgIpc) is 2.11. The van der Waals surface area contributed by atoms with E-state index in [1.807, 2.05) is 27.7 Å². The summed E-state index contributed by atoms with van der Waals surface area (Å²) < 4.78 is 5.00. The summed E-state index contributed by atoms with van der Waals surface area (Å²) in [6, 6.07) is 0.0190. The lowest BCUT2D eigenvalue weighted by Gasteiger charge is -2.17. The Morgan fingerprint density at radius 2 is 1.82 bits per heavy atom. The van der Waals surface area contributed by atoms with E-state index >= 15 is 0 Å². The SMILES string of the molecule is CC(C)CC(COC(=O)NC(C)C)CC(=O)O. The van der Waals surface area contributed by atoms with Gasteiger partial charge >= 0.3 is 12.1 Å². The molecule has 0 aliphatic heterocycles. The van der Waals surface area contributed by atoms with Gasteiger partial charge in [-0.05, 0) is 26.2 Å². The molecule has 0 radical (unpaired) electrons. The van der Waals surface area contributed by atoms with E-state index in [1.165, 1.54) is 0 Å². The summed E-state index contributed by atoms with van der Waals surface area (Å²) in [5.41, 5.74) is 0. The molecule has 1 amide bonds. The maximum absolute atomic E-state index is 11.2. The van der Waals surface area contributed by atoms with Crippen LogP contribution in [0.1, 0.15) is 40.5 Å². The van der Waals surface area contributed by atoms with Crippen molar-refractivity contribution >= 4 is 12.1 Å². The highest BCUT2D eigenvalue weighted by atomic mass is 16.5. The van der Waals surface area contributed by atoms with E-state index < -0.39 is 12.1 Å². The second kappa shape index (κ2) is 7.92. The highest BCUT2D eigenvalue weighted by Crippen LogP contribution is 2.16. The minimum Gasteiger partial charge on any atom is -0.481 e. The molecule has 5 nitrogen and oxygen atoms in total. The normalized spacial score (nSPS) is 12.6. The van der Waals surface area contributed by atoms with Crippen LogP contribution in [-0.2, 0) is 9.53 Å². The minimum atomic E-state index is -0.858. The number of amides is 1. The first kappa shape index (κ1) is 15.7. The molecule has 1 atom stereocenters. The molecule has 17 heavy (non-hydrogen) atoms. The summed E-state index contributed by atoms with van der Waals surface area (Å²) in [4.78, 5) is 21.9. The molecule has 5 heteroatoms. The van der Waals surface area contributed by atoms with Crippen LogP contribution >= 0.6 is 0 Å². The van der Waals surface area contributed by atoms with Gasteiger partial charge in [0.15, 0.2) is 0 Å². The monoisotopic (exact) mass is 245 g/mol. The van der Waals surface area contributed by atoms with Crippen molar-refractivity contribution in [2.75, 3.05) is 6.61 Å². The number of hydrogen-bond acceptors (Lipinski definition) is 3. The van der Waals surface area contributed by atoms with Crippen molar-refractivity contribution in [1.82, 2.24) is 5.32 Å². The third-order valence-electron chi connectivity index (χ3n) is 2.12. The highest BCUT2D eigenvalue weighted by Gasteiger charge is 2.17. The molecule has 0 bridgehead atoms. The van der Waals surface area contributed by atoms with Crippen LogP contribution in [0, 0.1) is 11.8 Å². The number of carbonyl (C=O) groups excluding carboxylic acids is 1. The Morgan fingerprint density at radius 3 is 2.24 bits per heavy atom. The second-order valence-electron chi connectivity index (χ2n) is 4.99. The van der Waals surface area contributed by atoms with Gasteiger partial charge in [0, 0.05) is 12.0 Å². The fourth-order valence-electron chi connectivity index (χ4n) is 1.59. The number of aliphatic carboxylic acids is 1. The number of carbonyl (C=O) groups is 2. The molecule has 1 unspecified atom stereocenters. The van der Waals surface area contributed by atoms with E-state index in [4.69, 9.17) is 9.84 Å². The molecular weight excluding hydrogens is 222 g/mol. The summed E-state index contributed by atoms with van der Waals surface area (Å²) in [6.07, 6.45) is 0.285. The highest BCUT2D eigenvalue weighted by molar-refractivity contribution is 5.68. The largest absolute Gasteiger partial charge is 0.481 e. The molecule has 100 valence electrons. The first-order valence-corrected chi connectivity index (χ1v) is 5.96. The van der Waals surface area contributed by atoms with Gasteiger partial charge in [0.2, 0.25) is 0 Å². The molecule has 0 aromatic heterocycles. The Balaban J connectivity index is 4.06. The molecule has 0 aromatic carbocycles. The predicted molar refractivity (Wildman–Crippen MR) is 64.8 cm³/mol. The van der Waals surface area contributed by atoms with Crippen LogP contribution in [0.25, 0.3) is 0 Å². The van der Waals surface area contributed by atoms with Gasteiger partial charge in [-0.3, -0.25) is 4.79 Å². The predicted octanol–water partition coefficient (Wildman–Crippen LogP) is 2.26. The molecule has 0 rings (SSSR count). The molecule has 0 fully saturated rings. The van der Waals surface area contributed by atoms with Crippen molar-refractivity contribution in [3.63, 3.8) is 0 Å². The van der Waals surface area contributed by atoms with Gasteiger partial charge in [0.1, 0.15) is 0 Å². The Bertz CT molecular complexity index is 251. The number of carboxylic acid groups (broad SMARTS) is 1. The maximum atomic E-state index is 11.2. The Morgan fingerprint density at radius 1 is 1.24 bits per heavy atom. The van der Waals surface area contributed by atoms with E-state index in [0.29, 0.717) is 5.92 Å². The van der Waals surface area contributed by atoms with Crippen molar-refractivity contribution in [1.29, 1.82) is 0 Å².